The molecule has 6 heteroatoms. The van der Waals surface area contributed by atoms with Gasteiger partial charge in [0, 0.05) is 0 Å². The molecule has 1 aromatic heterocycles. The highest BCUT2D eigenvalue weighted by molar-refractivity contribution is 9.10. The number of ether oxygens (including phenoxy) is 1. The third kappa shape index (κ3) is 3.11. The molecule has 1 saturated carbocycles. The third-order valence-electron chi connectivity index (χ3n) is 3.46. The molecule has 3 N–H and O–H groups in total. The van der Waals surface area contributed by atoms with E-state index in [1.54, 1.807) is 0 Å². The molecule has 2 rings (SSSR count). The van der Waals surface area contributed by atoms with E-state index in [4.69, 9.17) is 10.6 Å². The molecule has 1 aliphatic rings. The molecular formula is C12H19BrN4O. The van der Waals surface area contributed by atoms with Gasteiger partial charge in [0.25, 0.3) is 0 Å². The summed E-state index contributed by atoms with van der Waals surface area (Å²) >= 11 is 3.40. The number of halogens is 1. The lowest BCUT2D eigenvalue weighted by molar-refractivity contribution is 0.0941. The van der Waals surface area contributed by atoms with Crippen molar-refractivity contribution < 1.29 is 4.74 Å². The van der Waals surface area contributed by atoms with Crippen molar-refractivity contribution in [3.05, 3.63) is 10.8 Å². The minimum atomic E-state index is 0.231. The van der Waals surface area contributed by atoms with Crippen LogP contribution in [0.15, 0.2) is 10.8 Å². The Kier molecular flexibility index (Phi) is 4.07. The van der Waals surface area contributed by atoms with Crippen LogP contribution in [0, 0.1) is 5.41 Å². The Morgan fingerprint density at radius 3 is 2.67 bits per heavy atom. The monoisotopic (exact) mass is 314 g/mol. The van der Waals surface area contributed by atoms with E-state index in [9.17, 15) is 0 Å². The zero-order chi connectivity index (χ0) is 13.2. The van der Waals surface area contributed by atoms with Crippen LogP contribution < -0.4 is 16.0 Å². The van der Waals surface area contributed by atoms with Crippen molar-refractivity contribution in [2.75, 3.05) is 5.43 Å². The molecule has 100 valence electrons. The van der Waals surface area contributed by atoms with Gasteiger partial charge in [-0.3, -0.25) is 0 Å². The van der Waals surface area contributed by atoms with Crippen molar-refractivity contribution in [1.82, 2.24) is 9.97 Å². The van der Waals surface area contributed by atoms with Gasteiger partial charge in [0.1, 0.15) is 16.9 Å². The fourth-order valence-electron chi connectivity index (χ4n) is 2.18. The molecule has 0 aliphatic heterocycles. The predicted molar refractivity (Wildman–Crippen MR) is 74.2 cm³/mol. The van der Waals surface area contributed by atoms with Crippen LogP contribution in [-0.4, -0.2) is 16.1 Å². The standard InChI is InChI=1S/C12H19BrN4O/c1-12(2)5-3-8(4-6-12)18-11-9(13)10(17-14)15-7-16-11/h7-8H,3-6,14H2,1-2H3,(H,15,16,17). The van der Waals surface area contributed by atoms with Crippen LogP contribution in [0.2, 0.25) is 0 Å². The molecule has 1 aliphatic carbocycles. The van der Waals surface area contributed by atoms with Crippen molar-refractivity contribution in [3.63, 3.8) is 0 Å². The lowest BCUT2D eigenvalue weighted by Crippen LogP contribution is -2.28. The second-order valence-corrected chi connectivity index (χ2v) is 6.26. The molecule has 1 aromatic rings. The molecule has 0 spiro atoms. The number of hydrazine groups is 1. The van der Waals surface area contributed by atoms with E-state index < -0.39 is 0 Å². The van der Waals surface area contributed by atoms with Crippen LogP contribution in [0.4, 0.5) is 5.82 Å². The fraction of sp³-hybridized carbons (Fsp3) is 0.667. The first kappa shape index (κ1) is 13.5. The van der Waals surface area contributed by atoms with Crippen LogP contribution in [0.25, 0.3) is 0 Å². The Bertz CT molecular complexity index is 415. The summed E-state index contributed by atoms with van der Waals surface area (Å²) in [6.07, 6.45) is 6.17. The molecular weight excluding hydrogens is 296 g/mol. The van der Waals surface area contributed by atoms with Crippen LogP contribution >= 0.6 is 15.9 Å². The maximum atomic E-state index is 5.93. The number of hydrogen-bond acceptors (Lipinski definition) is 5. The van der Waals surface area contributed by atoms with E-state index in [0.717, 1.165) is 12.8 Å². The highest BCUT2D eigenvalue weighted by Crippen LogP contribution is 2.37. The lowest BCUT2D eigenvalue weighted by Gasteiger charge is -2.34. The van der Waals surface area contributed by atoms with E-state index in [0.29, 0.717) is 21.6 Å². The average molecular weight is 315 g/mol. The van der Waals surface area contributed by atoms with Gasteiger partial charge in [-0.15, -0.1) is 0 Å². The van der Waals surface area contributed by atoms with Gasteiger partial charge in [-0.2, -0.15) is 0 Å². The molecule has 1 heterocycles. The Hall–Kier alpha value is -0.880. The molecule has 18 heavy (non-hydrogen) atoms. The zero-order valence-corrected chi connectivity index (χ0v) is 12.3. The largest absolute Gasteiger partial charge is 0.473 e. The van der Waals surface area contributed by atoms with Gasteiger partial charge in [-0.05, 0) is 47.0 Å². The number of anilines is 1. The summed E-state index contributed by atoms with van der Waals surface area (Å²) in [5.41, 5.74) is 2.95. The minimum absolute atomic E-state index is 0.231. The summed E-state index contributed by atoms with van der Waals surface area (Å²) in [6.45, 7) is 4.61. The first-order valence-corrected chi connectivity index (χ1v) is 6.95. The lowest BCUT2D eigenvalue weighted by atomic mass is 9.76. The number of nitrogen functional groups attached to an aromatic ring is 1. The molecule has 0 aromatic carbocycles. The van der Waals surface area contributed by atoms with Crippen molar-refractivity contribution in [2.24, 2.45) is 11.3 Å². The second kappa shape index (κ2) is 5.40. The summed E-state index contributed by atoms with van der Waals surface area (Å²) in [5, 5.41) is 0. The molecule has 0 radical (unpaired) electrons. The highest BCUT2D eigenvalue weighted by atomic mass is 79.9. The maximum absolute atomic E-state index is 5.93. The van der Waals surface area contributed by atoms with Gasteiger partial charge in [0.2, 0.25) is 5.88 Å². The van der Waals surface area contributed by atoms with Crippen molar-refractivity contribution in [1.29, 1.82) is 0 Å². The van der Waals surface area contributed by atoms with Crippen molar-refractivity contribution >= 4 is 21.7 Å². The molecule has 0 saturated heterocycles. The summed E-state index contributed by atoms with van der Waals surface area (Å²) in [5.74, 6) is 6.46. The van der Waals surface area contributed by atoms with Gasteiger partial charge in [-0.25, -0.2) is 15.8 Å². The fourth-order valence-corrected chi connectivity index (χ4v) is 2.60. The zero-order valence-electron chi connectivity index (χ0n) is 10.7. The second-order valence-electron chi connectivity index (χ2n) is 5.47. The highest BCUT2D eigenvalue weighted by Gasteiger charge is 2.28. The summed E-state index contributed by atoms with van der Waals surface area (Å²) < 4.78 is 6.61. The molecule has 0 amide bonds. The molecule has 0 unspecified atom stereocenters. The Morgan fingerprint density at radius 2 is 2.06 bits per heavy atom. The topological polar surface area (TPSA) is 73.1 Å². The summed E-state index contributed by atoms with van der Waals surface area (Å²) in [4.78, 5) is 8.14. The van der Waals surface area contributed by atoms with Crippen LogP contribution in [0.3, 0.4) is 0 Å². The number of nitrogens with two attached hydrogens (primary N) is 1. The van der Waals surface area contributed by atoms with E-state index >= 15 is 0 Å². The number of rotatable bonds is 3. The molecule has 5 nitrogen and oxygen atoms in total. The summed E-state index contributed by atoms with van der Waals surface area (Å²) in [6, 6.07) is 0. The van der Waals surface area contributed by atoms with Crippen molar-refractivity contribution in [3.8, 4) is 5.88 Å². The Balaban J connectivity index is 2.02. The smallest absolute Gasteiger partial charge is 0.233 e. The molecule has 0 atom stereocenters. The van der Waals surface area contributed by atoms with E-state index in [-0.39, 0.29) is 6.10 Å². The minimum Gasteiger partial charge on any atom is -0.473 e. The van der Waals surface area contributed by atoms with Crippen LogP contribution in [-0.2, 0) is 0 Å². The quantitative estimate of drug-likeness (QED) is 0.663. The number of nitrogens with zero attached hydrogens (tertiary/aromatic N) is 2. The third-order valence-corrected chi connectivity index (χ3v) is 4.17. The van der Waals surface area contributed by atoms with Gasteiger partial charge in [-0.1, -0.05) is 13.8 Å². The normalized spacial score (nSPS) is 19.6. The maximum Gasteiger partial charge on any atom is 0.233 e. The molecule has 1 fully saturated rings. The van der Waals surface area contributed by atoms with Crippen LogP contribution in [0.5, 0.6) is 5.88 Å². The van der Waals surface area contributed by atoms with Gasteiger partial charge < -0.3 is 10.2 Å². The van der Waals surface area contributed by atoms with E-state index in [1.165, 1.54) is 19.2 Å². The number of hydrogen-bond donors (Lipinski definition) is 2. The van der Waals surface area contributed by atoms with Gasteiger partial charge >= 0.3 is 0 Å². The first-order chi connectivity index (χ1) is 8.52. The number of nitrogens with one attached hydrogen (secondary N) is 1. The van der Waals surface area contributed by atoms with Gasteiger partial charge in [0.15, 0.2) is 5.82 Å². The summed E-state index contributed by atoms with van der Waals surface area (Å²) in [7, 11) is 0. The average Bonchev–Trinajstić information content (AvgIpc) is 2.34. The van der Waals surface area contributed by atoms with Crippen molar-refractivity contribution in [2.45, 2.75) is 45.6 Å². The van der Waals surface area contributed by atoms with E-state index in [1.807, 2.05) is 0 Å². The predicted octanol–water partition coefficient (Wildman–Crippen LogP) is 2.87. The first-order valence-electron chi connectivity index (χ1n) is 6.15. The van der Waals surface area contributed by atoms with Crippen LogP contribution in [0.1, 0.15) is 39.5 Å². The van der Waals surface area contributed by atoms with Gasteiger partial charge in [0.05, 0.1) is 0 Å². The molecule has 0 bridgehead atoms. The Labute approximate surface area is 116 Å². The Morgan fingerprint density at radius 1 is 1.39 bits per heavy atom. The van der Waals surface area contributed by atoms with E-state index in [2.05, 4.69) is 45.2 Å². The SMILES string of the molecule is CC1(C)CCC(Oc2ncnc(NN)c2Br)CC1. The number of aromatic nitrogens is 2.